The predicted octanol–water partition coefficient (Wildman–Crippen LogP) is 1.89. The van der Waals surface area contributed by atoms with Crippen molar-refractivity contribution in [3.63, 3.8) is 0 Å². The molecule has 0 bridgehead atoms. The van der Waals surface area contributed by atoms with E-state index < -0.39 is 40.0 Å². The lowest BCUT2D eigenvalue weighted by Gasteiger charge is -2.22. The molecule has 0 aromatic heterocycles. The molecule has 2 aliphatic heterocycles. The molecule has 180 valence electrons. The Hall–Kier alpha value is -3.44. The molecular formula is C23H26N4O6S. The Morgan fingerprint density at radius 3 is 2.26 bits per heavy atom. The third-order valence-electron chi connectivity index (χ3n) is 6.08. The van der Waals surface area contributed by atoms with Crippen molar-refractivity contribution in [1.29, 1.82) is 0 Å². The van der Waals surface area contributed by atoms with Gasteiger partial charge in [-0.05, 0) is 61.7 Å². The Balaban J connectivity index is 1.41. The van der Waals surface area contributed by atoms with Gasteiger partial charge in [-0.25, -0.2) is 13.2 Å². The molecular weight excluding hydrogens is 460 g/mol. The van der Waals surface area contributed by atoms with Gasteiger partial charge in [-0.3, -0.25) is 14.5 Å². The van der Waals surface area contributed by atoms with E-state index in [4.69, 9.17) is 4.74 Å². The monoisotopic (exact) mass is 486 g/mol. The molecule has 2 aliphatic rings. The Kier molecular flexibility index (Phi) is 6.32. The van der Waals surface area contributed by atoms with Gasteiger partial charge >= 0.3 is 6.03 Å². The number of hydrogen-bond donors (Lipinski definition) is 2. The van der Waals surface area contributed by atoms with Gasteiger partial charge in [0.2, 0.25) is 15.9 Å². The van der Waals surface area contributed by atoms with E-state index in [1.807, 2.05) is 0 Å². The molecule has 2 saturated heterocycles. The van der Waals surface area contributed by atoms with Crippen molar-refractivity contribution in [1.82, 2.24) is 14.5 Å². The highest BCUT2D eigenvalue weighted by Crippen LogP contribution is 2.30. The number of carbonyl (C=O) groups is 3. The fraction of sp³-hybridized carbons (Fsp3) is 0.348. The second-order valence-electron chi connectivity index (χ2n) is 8.36. The number of nitrogens with zero attached hydrogens (tertiary/aromatic N) is 2. The van der Waals surface area contributed by atoms with E-state index in [2.05, 4.69) is 10.6 Å². The Morgan fingerprint density at radius 1 is 1.06 bits per heavy atom. The van der Waals surface area contributed by atoms with Crippen LogP contribution in [0, 0.1) is 0 Å². The van der Waals surface area contributed by atoms with Crippen LogP contribution in [-0.4, -0.2) is 62.2 Å². The molecule has 4 amide bonds. The van der Waals surface area contributed by atoms with Crippen molar-refractivity contribution in [2.75, 3.05) is 32.1 Å². The molecule has 2 aromatic rings. The molecule has 1 atom stereocenters. The van der Waals surface area contributed by atoms with Gasteiger partial charge in [0.25, 0.3) is 5.91 Å². The Labute approximate surface area is 197 Å². The second kappa shape index (κ2) is 9.07. The van der Waals surface area contributed by atoms with Gasteiger partial charge in [0.15, 0.2) is 0 Å². The minimum Gasteiger partial charge on any atom is -0.497 e. The van der Waals surface area contributed by atoms with Crippen LogP contribution in [-0.2, 0) is 25.2 Å². The number of carbonyl (C=O) groups excluding carboxylic acids is 3. The topological polar surface area (TPSA) is 125 Å². The smallest absolute Gasteiger partial charge is 0.325 e. The normalized spacial score (nSPS) is 20.9. The summed E-state index contributed by atoms with van der Waals surface area (Å²) in [5, 5.41) is 5.25. The molecule has 0 radical (unpaired) electrons. The summed E-state index contributed by atoms with van der Waals surface area (Å²) >= 11 is 0. The fourth-order valence-corrected chi connectivity index (χ4v) is 5.61. The summed E-state index contributed by atoms with van der Waals surface area (Å²) in [5.41, 5.74) is -0.394. The number of ether oxygens (including phenoxy) is 1. The van der Waals surface area contributed by atoms with Crippen LogP contribution in [0.4, 0.5) is 10.5 Å². The average Bonchev–Trinajstić information content (AvgIpc) is 3.44. The highest BCUT2D eigenvalue weighted by Gasteiger charge is 2.49. The SMILES string of the molecule is COc1ccc([C@]2(C)NC(=O)N(CC(=O)Nc3ccc(S(=O)(=O)N4CCCC4)cc3)C2=O)cc1. The number of nitrogens with one attached hydrogen (secondary N) is 2. The summed E-state index contributed by atoms with van der Waals surface area (Å²) in [6.45, 7) is 2.10. The minimum atomic E-state index is -3.55. The van der Waals surface area contributed by atoms with E-state index in [0.717, 1.165) is 17.7 Å². The number of anilines is 1. The molecule has 2 aromatic carbocycles. The third-order valence-corrected chi connectivity index (χ3v) is 8.00. The summed E-state index contributed by atoms with van der Waals surface area (Å²) in [6.07, 6.45) is 1.68. The zero-order chi connectivity index (χ0) is 24.5. The van der Waals surface area contributed by atoms with Crippen LogP contribution in [0.3, 0.4) is 0 Å². The first-order chi connectivity index (χ1) is 16.1. The van der Waals surface area contributed by atoms with E-state index in [-0.39, 0.29) is 4.90 Å². The van der Waals surface area contributed by atoms with Crippen LogP contribution in [0.25, 0.3) is 0 Å². The van der Waals surface area contributed by atoms with Gasteiger partial charge in [0.1, 0.15) is 17.8 Å². The fourth-order valence-electron chi connectivity index (χ4n) is 4.09. The Bertz CT molecular complexity index is 1210. The number of hydrogen-bond acceptors (Lipinski definition) is 6. The highest BCUT2D eigenvalue weighted by molar-refractivity contribution is 7.89. The molecule has 11 heteroatoms. The lowest BCUT2D eigenvalue weighted by Crippen LogP contribution is -2.42. The van der Waals surface area contributed by atoms with Gasteiger partial charge < -0.3 is 15.4 Å². The highest BCUT2D eigenvalue weighted by atomic mass is 32.2. The number of amides is 4. The number of imide groups is 1. The number of sulfonamides is 1. The standard InChI is InChI=1S/C23H26N4O6S/c1-23(16-5-9-18(33-2)10-6-16)21(29)27(22(30)25-23)15-20(28)24-17-7-11-19(12-8-17)34(31,32)26-13-3-4-14-26/h5-12H,3-4,13-15H2,1-2H3,(H,24,28)(H,25,30)/t23-/m0/s1. The number of methoxy groups -OCH3 is 1. The van der Waals surface area contributed by atoms with Crippen molar-refractivity contribution in [2.45, 2.75) is 30.2 Å². The summed E-state index contributed by atoms with van der Waals surface area (Å²) < 4.78 is 31.8. The summed E-state index contributed by atoms with van der Waals surface area (Å²) in [4.78, 5) is 39.1. The van der Waals surface area contributed by atoms with Gasteiger partial charge in [0, 0.05) is 18.8 Å². The minimum absolute atomic E-state index is 0.150. The number of benzene rings is 2. The Morgan fingerprint density at radius 2 is 1.68 bits per heavy atom. The molecule has 34 heavy (non-hydrogen) atoms. The summed E-state index contributed by atoms with van der Waals surface area (Å²) in [5.74, 6) is -0.526. The summed E-state index contributed by atoms with van der Waals surface area (Å²) in [7, 11) is -2.03. The van der Waals surface area contributed by atoms with E-state index in [0.29, 0.717) is 30.1 Å². The number of rotatable bonds is 7. The van der Waals surface area contributed by atoms with Crippen molar-refractivity contribution in [3.8, 4) is 5.75 Å². The number of urea groups is 1. The molecule has 2 heterocycles. The van der Waals surface area contributed by atoms with Crippen LogP contribution in [0.5, 0.6) is 5.75 Å². The van der Waals surface area contributed by atoms with Crippen molar-refractivity contribution < 1.29 is 27.5 Å². The van der Waals surface area contributed by atoms with Crippen LogP contribution in [0.1, 0.15) is 25.3 Å². The van der Waals surface area contributed by atoms with Crippen molar-refractivity contribution in [3.05, 3.63) is 54.1 Å². The van der Waals surface area contributed by atoms with Gasteiger partial charge in [-0.2, -0.15) is 4.31 Å². The quantitative estimate of drug-likeness (QED) is 0.576. The molecule has 2 N–H and O–H groups in total. The first kappa shape index (κ1) is 23.7. The van der Waals surface area contributed by atoms with Crippen molar-refractivity contribution >= 4 is 33.6 Å². The first-order valence-corrected chi connectivity index (χ1v) is 12.3. The molecule has 0 aliphatic carbocycles. The average molecular weight is 487 g/mol. The van der Waals surface area contributed by atoms with Crippen LogP contribution >= 0.6 is 0 Å². The van der Waals surface area contributed by atoms with Gasteiger partial charge in [-0.15, -0.1) is 0 Å². The maximum Gasteiger partial charge on any atom is 0.325 e. The maximum atomic E-state index is 13.0. The second-order valence-corrected chi connectivity index (χ2v) is 10.3. The molecule has 10 nitrogen and oxygen atoms in total. The first-order valence-electron chi connectivity index (χ1n) is 10.8. The zero-order valence-corrected chi connectivity index (χ0v) is 19.7. The van der Waals surface area contributed by atoms with E-state index >= 15 is 0 Å². The van der Waals surface area contributed by atoms with Crippen LogP contribution < -0.4 is 15.4 Å². The summed E-state index contributed by atoms with van der Waals surface area (Å²) in [6, 6.07) is 11.9. The maximum absolute atomic E-state index is 13.0. The zero-order valence-electron chi connectivity index (χ0n) is 18.9. The predicted molar refractivity (Wildman–Crippen MR) is 124 cm³/mol. The molecule has 4 rings (SSSR count). The molecule has 0 saturated carbocycles. The van der Waals surface area contributed by atoms with Crippen LogP contribution in [0.2, 0.25) is 0 Å². The molecule has 0 unspecified atom stereocenters. The van der Waals surface area contributed by atoms with Gasteiger partial charge in [0.05, 0.1) is 12.0 Å². The van der Waals surface area contributed by atoms with E-state index in [1.54, 1.807) is 31.2 Å². The van der Waals surface area contributed by atoms with Gasteiger partial charge in [-0.1, -0.05) is 12.1 Å². The lowest BCUT2D eigenvalue weighted by atomic mass is 9.92. The van der Waals surface area contributed by atoms with Crippen molar-refractivity contribution in [2.24, 2.45) is 0 Å². The molecule has 2 fully saturated rings. The largest absolute Gasteiger partial charge is 0.497 e. The van der Waals surface area contributed by atoms with E-state index in [9.17, 15) is 22.8 Å². The van der Waals surface area contributed by atoms with Crippen LogP contribution in [0.15, 0.2) is 53.4 Å². The van der Waals surface area contributed by atoms with E-state index in [1.165, 1.54) is 35.7 Å². The molecule has 0 spiro atoms. The lowest BCUT2D eigenvalue weighted by molar-refractivity contribution is -0.133. The third kappa shape index (κ3) is 4.36.